The van der Waals surface area contributed by atoms with Crippen LogP contribution in [0.4, 0.5) is 5.82 Å². The van der Waals surface area contributed by atoms with Crippen LogP contribution in [-0.2, 0) is 11.3 Å². The molecule has 0 unspecified atom stereocenters. The topological polar surface area (TPSA) is 58.1 Å². The highest BCUT2D eigenvalue weighted by Gasteiger charge is 2.13. The Hall–Kier alpha value is -2.95. The van der Waals surface area contributed by atoms with Gasteiger partial charge in [-0.25, -0.2) is 4.98 Å². The zero-order chi connectivity index (χ0) is 18.6. The van der Waals surface area contributed by atoms with Gasteiger partial charge in [-0.05, 0) is 48.1 Å². The van der Waals surface area contributed by atoms with Gasteiger partial charge in [0.1, 0.15) is 5.82 Å². The molecule has 1 N–H and O–H groups in total. The smallest absolute Gasteiger partial charge is 0.217 e. The largest absolute Gasteiger partial charge is 0.355 e. The van der Waals surface area contributed by atoms with Crippen LogP contribution >= 0.6 is 0 Å². The molecule has 1 fully saturated rings. The zero-order valence-corrected chi connectivity index (χ0v) is 15.6. The van der Waals surface area contributed by atoms with Crippen molar-refractivity contribution in [1.29, 1.82) is 0 Å². The summed E-state index contributed by atoms with van der Waals surface area (Å²) in [5.74, 6) is 0.960. The predicted molar refractivity (Wildman–Crippen MR) is 109 cm³/mol. The second-order valence-corrected chi connectivity index (χ2v) is 7.09. The van der Waals surface area contributed by atoms with E-state index < -0.39 is 0 Å². The fourth-order valence-corrected chi connectivity index (χ4v) is 3.50. The number of benzene rings is 2. The zero-order valence-electron chi connectivity index (χ0n) is 15.6. The minimum absolute atomic E-state index is 0.0170. The maximum absolute atomic E-state index is 11.0. The van der Waals surface area contributed by atoms with Crippen LogP contribution in [0.5, 0.6) is 0 Å². The Morgan fingerprint density at radius 2 is 1.74 bits per heavy atom. The molecule has 2 heterocycles. The molecule has 0 spiro atoms. The van der Waals surface area contributed by atoms with Crippen LogP contribution in [0.1, 0.15) is 31.7 Å². The van der Waals surface area contributed by atoms with Crippen molar-refractivity contribution in [3.63, 3.8) is 0 Å². The summed E-state index contributed by atoms with van der Waals surface area (Å²) >= 11 is 0. The van der Waals surface area contributed by atoms with Gasteiger partial charge in [0.05, 0.1) is 17.2 Å². The van der Waals surface area contributed by atoms with E-state index in [0.717, 1.165) is 46.6 Å². The highest BCUT2D eigenvalue weighted by molar-refractivity contribution is 5.82. The molecule has 138 valence electrons. The van der Waals surface area contributed by atoms with Gasteiger partial charge < -0.3 is 10.2 Å². The highest BCUT2D eigenvalue weighted by Crippen LogP contribution is 2.25. The first kappa shape index (κ1) is 17.5. The van der Waals surface area contributed by atoms with Gasteiger partial charge in [0.15, 0.2) is 0 Å². The quantitative estimate of drug-likeness (QED) is 0.766. The minimum atomic E-state index is -0.0170. The molecule has 2 aromatic carbocycles. The van der Waals surface area contributed by atoms with Crippen LogP contribution in [0.3, 0.4) is 0 Å². The number of aromatic nitrogens is 2. The second kappa shape index (κ2) is 7.74. The van der Waals surface area contributed by atoms with Crippen LogP contribution in [0.15, 0.2) is 48.7 Å². The maximum atomic E-state index is 11.0. The van der Waals surface area contributed by atoms with Gasteiger partial charge in [-0.3, -0.25) is 9.78 Å². The Bertz CT molecular complexity index is 946. The Kier molecular flexibility index (Phi) is 5.01. The molecule has 5 nitrogen and oxygen atoms in total. The molecule has 5 heteroatoms. The molecule has 3 aromatic rings. The van der Waals surface area contributed by atoms with Crippen LogP contribution in [0, 0.1) is 0 Å². The normalized spacial score (nSPS) is 14.3. The van der Waals surface area contributed by atoms with E-state index >= 15 is 0 Å². The number of carbonyl (C=O) groups excluding carboxylic acids is 1. The first-order chi connectivity index (χ1) is 13.2. The van der Waals surface area contributed by atoms with E-state index in [-0.39, 0.29) is 5.91 Å². The minimum Gasteiger partial charge on any atom is -0.355 e. The molecular formula is C22H24N4O. The summed E-state index contributed by atoms with van der Waals surface area (Å²) < 4.78 is 0. The predicted octanol–water partition coefficient (Wildman–Crippen LogP) is 3.92. The fourth-order valence-electron chi connectivity index (χ4n) is 3.50. The van der Waals surface area contributed by atoms with E-state index in [0.29, 0.717) is 6.54 Å². The third-order valence-electron chi connectivity index (χ3n) is 5.04. The Balaban J connectivity index is 1.59. The Morgan fingerprint density at radius 1 is 1.00 bits per heavy atom. The van der Waals surface area contributed by atoms with E-state index in [2.05, 4.69) is 39.5 Å². The first-order valence-corrected chi connectivity index (χ1v) is 9.54. The van der Waals surface area contributed by atoms with Gasteiger partial charge in [0.25, 0.3) is 0 Å². The van der Waals surface area contributed by atoms with Crippen LogP contribution < -0.4 is 10.2 Å². The number of nitrogens with one attached hydrogen (secondary N) is 1. The Labute approximate surface area is 159 Å². The number of piperidine rings is 1. The first-order valence-electron chi connectivity index (χ1n) is 9.54. The van der Waals surface area contributed by atoms with Crippen molar-refractivity contribution in [2.75, 3.05) is 18.0 Å². The summed E-state index contributed by atoms with van der Waals surface area (Å²) in [5.41, 5.74) is 5.19. The SMILES string of the molecule is CC(=O)NCc1ccc(-c2ccc3ncc(N4CCCCC4)nc3c2)cc1. The molecule has 1 aliphatic rings. The van der Waals surface area contributed by atoms with Gasteiger partial charge in [0, 0.05) is 26.6 Å². The number of anilines is 1. The molecule has 27 heavy (non-hydrogen) atoms. The summed E-state index contributed by atoms with van der Waals surface area (Å²) in [4.78, 5) is 22.8. The second-order valence-electron chi connectivity index (χ2n) is 7.09. The summed E-state index contributed by atoms with van der Waals surface area (Å²) in [5, 5.41) is 2.82. The number of carbonyl (C=O) groups is 1. The molecule has 0 atom stereocenters. The highest BCUT2D eigenvalue weighted by atomic mass is 16.1. The molecule has 1 saturated heterocycles. The summed E-state index contributed by atoms with van der Waals surface area (Å²) in [6.07, 6.45) is 5.65. The van der Waals surface area contributed by atoms with Crippen LogP contribution in [-0.4, -0.2) is 29.0 Å². The molecule has 1 aliphatic heterocycles. The summed E-state index contributed by atoms with van der Waals surface area (Å²) in [6, 6.07) is 14.5. The van der Waals surface area contributed by atoms with Crippen LogP contribution in [0.2, 0.25) is 0 Å². The third-order valence-corrected chi connectivity index (χ3v) is 5.04. The lowest BCUT2D eigenvalue weighted by Gasteiger charge is -2.27. The van der Waals surface area contributed by atoms with Crippen molar-refractivity contribution in [3.05, 3.63) is 54.2 Å². The lowest BCUT2D eigenvalue weighted by Crippen LogP contribution is -2.30. The Morgan fingerprint density at radius 3 is 2.48 bits per heavy atom. The van der Waals surface area contributed by atoms with E-state index in [9.17, 15) is 4.79 Å². The molecular weight excluding hydrogens is 336 g/mol. The average Bonchev–Trinajstić information content (AvgIpc) is 2.72. The number of nitrogens with zero attached hydrogens (tertiary/aromatic N) is 3. The molecule has 0 radical (unpaired) electrons. The summed E-state index contributed by atoms with van der Waals surface area (Å²) in [7, 11) is 0. The average molecular weight is 360 g/mol. The number of hydrogen-bond acceptors (Lipinski definition) is 4. The molecule has 0 aliphatic carbocycles. The number of rotatable bonds is 4. The summed E-state index contributed by atoms with van der Waals surface area (Å²) in [6.45, 7) is 4.21. The van der Waals surface area contributed by atoms with Gasteiger partial charge in [-0.15, -0.1) is 0 Å². The standard InChI is InChI=1S/C22H24N4O/c1-16(27)23-14-17-5-7-18(8-6-17)19-9-10-20-21(13-19)25-22(15-24-20)26-11-3-2-4-12-26/h5-10,13,15H,2-4,11-12,14H2,1H3,(H,23,27). The van der Waals surface area contributed by atoms with Crippen molar-refractivity contribution in [2.24, 2.45) is 0 Å². The van der Waals surface area contributed by atoms with Crippen molar-refractivity contribution in [1.82, 2.24) is 15.3 Å². The van der Waals surface area contributed by atoms with Gasteiger partial charge in [-0.1, -0.05) is 30.3 Å². The maximum Gasteiger partial charge on any atom is 0.217 e. The van der Waals surface area contributed by atoms with Gasteiger partial charge in [-0.2, -0.15) is 0 Å². The lowest BCUT2D eigenvalue weighted by atomic mass is 10.0. The molecule has 1 amide bonds. The molecule has 1 aromatic heterocycles. The van der Waals surface area contributed by atoms with E-state index in [1.54, 1.807) is 0 Å². The van der Waals surface area contributed by atoms with Crippen molar-refractivity contribution in [3.8, 4) is 11.1 Å². The molecule has 4 rings (SSSR count). The fraction of sp³-hybridized carbons (Fsp3) is 0.318. The monoisotopic (exact) mass is 360 g/mol. The van der Waals surface area contributed by atoms with E-state index in [1.807, 2.05) is 24.4 Å². The van der Waals surface area contributed by atoms with Crippen molar-refractivity contribution < 1.29 is 4.79 Å². The van der Waals surface area contributed by atoms with Gasteiger partial charge in [0.2, 0.25) is 5.91 Å². The van der Waals surface area contributed by atoms with E-state index in [1.165, 1.54) is 26.2 Å². The third kappa shape index (κ3) is 4.08. The van der Waals surface area contributed by atoms with Crippen molar-refractivity contribution in [2.45, 2.75) is 32.7 Å². The van der Waals surface area contributed by atoms with Crippen LogP contribution in [0.25, 0.3) is 22.2 Å². The number of fused-ring (bicyclic) bond motifs is 1. The molecule has 0 saturated carbocycles. The number of hydrogen-bond donors (Lipinski definition) is 1. The van der Waals surface area contributed by atoms with E-state index in [4.69, 9.17) is 4.98 Å². The number of amides is 1. The van der Waals surface area contributed by atoms with Crippen molar-refractivity contribution >= 4 is 22.8 Å². The lowest BCUT2D eigenvalue weighted by molar-refractivity contribution is -0.119. The van der Waals surface area contributed by atoms with Gasteiger partial charge >= 0.3 is 0 Å². The molecule has 0 bridgehead atoms.